The smallest absolute Gasteiger partial charge is 0.191 e. The molecular formula is C20H19Cl2N3OS. The van der Waals surface area contributed by atoms with Crippen LogP contribution in [0, 0.1) is 6.92 Å². The number of nitrogens with zero attached hydrogens (tertiary/aromatic N) is 3. The SMILES string of the molecule is C=CCn1c(COc2cccc(C)c2)nnc1SCc1c(Cl)cccc1Cl. The Kier molecular flexibility index (Phi) is 6.83. The van der Waals surface area contributed by atoms with E-state index in [-0.39, 0.29) is 0 Å². The maximum atomic E-state index is 6.26. The Morgan fingerprint density at radius 3 is 2.59 bits per heavy atom. The van der Waals surface area contributed by atoms with Crippen molar-refractivity contribution in [2.75, 3.05) is 0 Å². The molecule has 0 radical (unpaired) electrons. The fourth-order valence-electron chi connectivity index (χ4n) is 2.50. The number of thioether (sulfide) groups is 1. The molecule has 7 heteroatoms. The molecule has 4 nitrogen and oxygen atoms in total. The van der Waals surface area contributed by atoms with E-state index >= 15 is 0 Å². The molecule has 0 N–H and O–H groups in total. The minimum Gasteiger partial charge on any atom is -0.486 e. The summed E-state index contributed by atoms with van der Waals surface area (Å²) in [6, 6.07) is 13.4. The van der Waals surface area contributed by atoms with E-state index < -0.39 is 0 Å². The first-order chi connectivity index (χ1) is 13.1. The van der Waals surface area contributed by atoms with E-state index in [9.17, 15) is 0 Å². The Morgan fingerprint density at radius 1 is 1.15 bits per heavy atom. The van der Waals surface area contributed by atoms with Gasteiger partial charge >= 0.3 is 0 Å². The summed E-state index contributed by atoms with van der Waals surface area (Å²) in [6.45, 7) is 6.78. The largest absolute Gasteiger partial charge is 0.486 e. The molecule has 0 aliphatic rings. The van der Waals surface area contributed by atoms with E-state index in [1.807, 2.05) is 60.0 Å². The van der Waals surface area contributed by atoms with Crippen molar-refractivity contribution in [1.82, 2.24) is 14.8 Å². The standard InChI is InChI=1S/C20H19Cl2N3OS/c1-3-10-25-19(12-26-15-7-4-6-14(2)11-15)23-24-20(25)27-13-16-17(21)8-5-9-18(16)22/h3-9,11H,1,10,12-13H2,2H3. The lowest BCUT2D eigenvalue weighted by atomic mass is 10.2. The lowest BCUT2D eigenvalue weighted by Crippen LogP contribution is -2.07. The third kappa shape index (κ3) is 5.06. The first kappa shape index (κ1) is 19.8. The van der Waals surface area contributed by atoms with E-state index in [1.165, 1.54) is 11.8 Å². The van der Waals surface area contributed by atoms with Gasteiger partial charge in [-0.1, -0.05) is 59.2 Å². The molecule has 0 saturated heterocycles. The van der Waals surface area contributed by atoms with Gasteiger partial charge in [0.1, 0.15) is 12.4 Å². The molecule has 0 bridgehead atoms. The molecule has 3 aromatic rings. The van der Waals surface area contributed by atoms with Crippen LogP contribution in [0.2, 0.25) is 10.0 Å². The number of ether oxygens (including phenoxy) is 1. The van der Waals surface area contributed by atoms with Gasteiger partial charge in [-0.15, -0.1) is 16.8 Å². The Labute approximate surface area is 173 Å². The van der Waals surface area contributed by atoms with Gasteiger partial charge in [0.25, 0.3) is 0 Å². The summed E-state index contributed by atoms with van der Waals surface area (Å²) in [6.07, 6.45) is 1.81. The van der Waals surface area contributed by atoms with Crippen molar-refractivity contribution in [3.8, 4) is 5.75 Å². The highest BCUT2D eigenvalue weighted by molar-refractivity contribution is 7.98. The summed E-state index contributed by atoms with van der Waals surface area (Å²) in [4.78, 5) is 0. The van der Waals surface area contributed by atoms with Gasteiger partial charge in [-0.2, -0.15) is 0 Å². The molecule has 2 aromatic carbocycles. The van der Waals surface area contributed by atoms with Crippen LogP contribution in [0.1, 0.15) is 17.0 Å². The van der Waals surface area contributed by atoms with Crippen LogP contribution in [0.25, 0.3) is 0 Å². The van der Waals surface area contributed by atoms with E-state index in [1.54, 1.807) is 0 Å². The fraction of sp³-hybridized carbons (Fsp3) is 0.200. The molecule has 1 aromatic heterocycles. The van der Waals surface area contributed by atoms with Gasteiger partial charge in [0.2, 0.25) is 0 Å². The minimum absolute atomic E-state index is 0.331. The molecule has 0 spiro atoms. The van der Waals surface area contributed by atoms with Crippen molar-refractivity contribution in [2.45, 2.75) is 31.0 Å². The van der Waals surface area contributed by atoms with Crippen LogP contribution in [0.4, 0.5) is 0 Å². The third-order valence-corrected chi connectivity index (χ3v) is 5.57. The summed E-state index contributed by atoms with van der Waals surface area (Å²) in [5.41, 5.74) is 2.03. The maximum absolute atomic E-state index is 6.26. The number of hydrogen-bond donors (Lipinski definition) is 0. The second-order valence-electron chi connectivity index (χ2n) is 5.89. The summed E-state index contributed by atoms with van der Waals surface area (Å²) >= 11 is 14.0. The zero-order valence-electron chi connectivity index (χ0n) is 14.9. The second kappa shape index (κ2) is 9.31. The van der Waals surface area contributed by atoms with Crippen LogP contribution >= 0.6 is 35.0 Å². The topological polar surface area (TPSA) is 39.9 Å². The average Bonchev–Trinajstić information content (AvgIpc) is 3.02. The predicted octanol–water partition coefficient (Wildman–Crippen LogP) is 5.95. The van der Waals surface area contributed by atoms with Crippen LogP contribution in [0.15, 0.2) is 60.3 Å². The lowest BCUT2D eigenvalue weighted by Gasteiger charge is -2.10. The van der Waals surface area contributed by atoms with Crippen molar-refractivity contribution in [2.24, 2.45) is 0 Å². The third-order valence-electron chi connectivity index (χ3n) is 3.87. The number of allylic oxidation sites excluding steroid dienone is 1. The van der Waals surface area contributed by atoms with Gasteiger partial charge in [0.15, 0.2) is 11.0 Å². The number of hydrogen-bond acceptors (Lipinski definition) is 4. The number of aromatic nitrogens is 3. The van der Waals surface area contributed by atoms with Crippen molar-refractivity contribution >= 4 is 35.0 Å². The summed E-state index contributed by atoms with van der Waals surface area (Å²) < 4.78 is 7.85. The normalized spacial score (nSPS) is 10.8. The van der Waals surface area contributed by atoms with Crippen LogP contribution in [0.3, 0.4) is 0 Å². The molecule has 1 heterocycles. The molecule has 0 atom stereocenters. The Morgan fingerprint density at radius 2 is 1.89 bits per heavy atom. The van der Waals surface area contributed by atoms with Crippen molar-refractivity contribution < 1.29 is 4.74 Å². The first-order valence-corrected chi connectivity index (χ1v) is 10.1. The van der Waals surface area contributed by atoms with E-state index in [0.717, 1.165) is 27.9 Å². The van der Waals surface area contributed by atoms with E-state index in [2.05, 4.69) is 16.8 Å². The van der Waals surface area contributed by atoms with E-state index in [0.29, 0.717) is 28.9 Å². The molecular weight excluding hydrogens is 401 g/mol. The quantitative estimate of drug-likeness (QED) is 0.334. The maximum Gasteiger partial charge on any atom is 0.191 e. The minimum atomic E-state index is 0.331. The van der Waals surface area contributed by atoms with Crippen LogP contribution in [-0.2, 0) is 18.9 Å². The highest BCUT2D eigenvalue weighted by atomic mass is 35.5. The molecule has 0 amide bonds. The monoisotopic (exact) mass is 419 g/mol. The summed E-state index contributed by atoms with van der Waals surface area (Å²) in [5, 5.41) is 10.6. The van der Waals surface area contributed by atoms with Gasteiger partial charge in [-0.25, -0.2) is 0 Å². The highest BCUT2D eigenvalue weighted by Gasteiger charge is 2.14. The fourth-order valence-corrected chi connectivity index (χ4v) is 4.21. The first-order valence-electron chi connectivity index (χ1n) is 8.36. The second-order valence-corrected chi connectivity index (χ2v) is 7.65. The molecule has 27 heavy (non-hydrogen) atoms. The van der Waals surface area contributed by atoms with Crippen molar-refractivity contribution in [3.63, 3.8) is 0 Å². The van der Waals surface area contributed by atoms with Gasteiger partial charge in [-0.05, 0) is 42.3 Å². The van der Waals surface area contributed by atoms with Crippen molar-refractivity contribution in [3.05, 3.63) is 82.1 Å². The summed E-state index contributed by atoms with van der Waals surface area (Å²) in [7, 11) is 0. The number of aryl methyl sites for hydroxylation is 1. The van der Waals surface area contributed by atoms with Gasteiger partial charge < -0.3 is 4.74 Å². The van der Waals surface area contributed by atoms with Gasteiger partial charge in [0, 0.05) is 22.3 Å². The molecule has 0 aliphatic carbocycles. The molecule has 0 saturated carbocycles. The number of halogens is 2. The molecule has 3 rings (SSSR count). The van der Waals surface area contributed by atoms with Gasteiger partial charge in [0.05, 0.1) is 0 Å². The number of benzene rings is 2. The molecule has 0 aliphatic heterocycles. The molecule has 140 valence electrons. The Balaban J connectivity index is 1.73. The van der Waals surface area contributed by atoms with Crippen LogP contribution < -0.4 is 4.74 Å². The molecule has 0 fully saturated rings. The highest BCUT2D eigenvalue weighted by Crippen LogP contribution is 2.31. The predicted molar refractivity (Wildman–Crippen MR) is 112 cm³/mol. The summed E-state index contributed by atoms with van der Waals surface area (Å²) in [5.74, 6) is 2.15. The zero-order chi connectivity index (χ0) is 19.2. The van der Waals surface area contributed by atoms with Gasteiger partial charge in [-0.3, -0.25) is 4.57 Å². The molecule has 0 unspecified atom stereocenters. The Hall–Kier alpha value is -1.95. The number of rotatable bonds is 8. The van der Waals surface area contributed by atoms with Crippen molar-refractivity contribution in [1.29, 1.82) is 0 Å². The van der Waals surface area contributed by atoms with Crippen LogP contribution in [0.5, 0.6) is 5.75 Å². The van der Waals surface area contributed by atoms with Crippen LogP contribution in [-0.4, -0.2) is 14.8 Å². The van der Waals surface area contributed by atoms with E-state index in [4.69, 9.17) is 27.9 Å². The Bertz CT molecular complexity index is 922. The zero-order valence-corrected chi connectivity index (χ0v) is 17.2. The average molecular weight is 420 g/mol. The lowest BCUT2D eigenvalue weighted by molar-refractivity contribution is 0.289.